The first-order chi connectivity index (χ1) is 11.0. The number of carbonyl (C=O) groups excluding carboxylic acids is 1. The van der Waals surface area contributed by atoms with Crippen LogP contribution in [0.3, 0.4) is 0 Å². The number of hydrogen-bond donors (Lipinski definition) is 1. The molecule has 2 aromatic rings. The van der Waals surface area contributed by atoms with Gasteiger partial charge in [0.2, 0.25) is 0 Å². The fourth-order valence-corrected chi connectivity index (χ4v) is 3.35. The predicted octanol–water partition coefficient (Wildman–Crippen LogP) is 3.47. The van der Waals surface area contributed by atoms with Crippen molar-refractivity contribution in [1.82, 2.24) is 20.4 Å². The van der Waals surface area contributed by atoms with E-state index in [1.807, 2.05) is 26.8 Å². The molecule has 0 saturated carbocycles. The molecular formula is C16H24N4O2S. The highest BCUT2D eigenvalue weighted by atomic mass is 32.1. The number of nitrogens with zero attached hydrogens (tertiary/aromatic N) is 3. The van der Waals surface area contributed by atoms with E-state index < -0.39 is 0 Å². The molecule has 0 aliphatic rings. The molecule has 0 bridgehead atoms. The van der Waals surface area contributed by atoms with Crippen LogP contribution in [0, 0.1) is 6.92 Å². The Balaban J connectivity index is 1.96. The standard InChI is InChI=1S/C16H24N4O2S/c1-6-12-8-13(22-19-12)9-17-16(21)20(5)11(4)15-10(3)18-14(7-2)23-15/h8,11H,6-7,9H2,1-5H3,(H,17,21)/t11-/m0/s1. The number of amides is 2. The van der Waals surface area contributed by atoms with Gasteiger partial charge in [-0.25, -0.2) is 9.78 Å². The SMILES string of the molecule is CCc1cc(CNC(=O)N(C)[C@@H](C)c2sc(CC)nc2C)on1. The van der Waals surface area contributed by atoms with Crippen molar-refractivity contribution in [2.24, 2.45) is 0 Å². The Morgan fingerprint density at radius 2 is 2.17 bits per heavy atom. The zero-order valence-corrected chi connectivity index (χ0v) is 15.2. The third kappa shape index (κ3) is 4.10. The second-order valence-corrected chi connectivity index (χ2v) is 6.61. The van der Waals surface area contributed by atoms with Crippen LogP contribution in [0.25, 0.3) is 0 Å². The summed E-state index contributed by atoms with van der Waals surface area (Å²) in [5.74, 6) is 0.665. The summed E-state index contributed by atoms with van der Waals surface area (Å²) in [6.07, 6.45) is 1.73. The number of nitrogens with one attached hydrogen (secondary N) is 1. The maximum Gasteiger partial charge on any atom is 0.318 e. The Hall–Kier alpha value is -1.89. The second-order valence-electron chi connectivity index (χ2n) is 5.49. The molecule has 0 aliphatic heterocycles. The van der Waals surface area contributed by atoms with Gasteiger partial charge in [-0.2, -0.15) is 0 Å². The van der Waals surface area contributed by atoms with Crippen molar-refractivity contribution < 1.29 is 9.32 Å². The number of carbonyl (C=O) groups is 1. The predicted molar refractivity (Wildman–Crippen MR) is 90.5 cm³/mol. The van der Waals surface area contributed by atoms with E-state index >= 15 is 0 Å². The summed E-state index contributed by atoms with van der Waals surface area (Å²) in [6, 6.07) is 1.71. The van der Waals surface area contributed by atoms with Crippen molar-refractivity contribution in [2.45, 2.75) is 53.1 Å². The fourth-order valence-electron chi connectivity index (χ4n) is 2.25. The van der Waals surface area contributed by atoms with Gasteiger partial charge in [0.15, 0.2) is 5.76 Å². The molecule has 0 saturated heterocycles. The van der Waals surface area contributed by atoms with Gasteiger partial charge < -0.3 is 14.7 Å². The van der Waals surface area contributed by atoms with Gasteiger partial charge >= 0.3 is 6.03 Å². The van der Waals surface area contributed by atoms with E-state index in [0.29, 0.717) is 12.3 Å². The summed E-state index contributed by atoms with van der Waals surface area (Å²) in [4.78, 5) is 19.7. The Morgan fingerprint density at radius 1 is 1.43 bits per heavy atom. The molecule has 2 aromatic heterocycles. The summed E-state index contributed by atoms with van der Waals surface area (Å²) in [6.45, 7) is 8.45. The van der Waals surface area contributed by atoms with Crippen molar-refractivity contribution in [3.8, 4) is 0 Å². The first-order valence-corrected chi connectivity index (χ1v) is 8.69. The minimum Gasteiger partial charge on any atom is -0.359 e. The van der Waals surface area contributed by atoms with Crippen LogP contribution in [0.2, 0.25) is 0 Å². The lowest BCUT2D eigenvalue weighted by Crippen LogP contribution is -2.38. The Morgan fingerprint density at radius 3 is 2.74 bits per heavy atom. The lowest BCUT2D eigenvalue weighted by molar-refractivity contribution is 0.193. The first-order valence-electron chi connectivity index (χ1n) is 7.87. The van der Waals surface area contributed by atoms with Crippen molar-refractivity contribution in [2.75, 3.05) is 7.05 Å². The first kappa shape index (κ1) is 17.5. The molecular weight excluding hydrogens is 312 g/mol. The van der Waals surface area contributed by atoms with E-state index in [0.717, 1.165) is 34.1 Å². The molecule has 0 fully saturated rings. The molecule has 0 radical (unpaired) electrons. The average molecular weight is 336 g/mol. The lowest BCUT2D eigenvalue weighted by atomic mass is 10.2. The number of aromatic nitrogens is 2. The topological polar surface area (TPSA) is 71.3 Å². The van der Waals surface area contributed by atoms with E-state index in [9.17, 15) is 4.79 Å². The molecule has 126 valence electrons. The molecule has 23 heavy (non-hydrogen) atoms. The normalized spacial score (nSPS) is 12.2. The van der Waals surface area contributed by atoms with E-state index in [2.05, 4.69) is 22.4 Å². The van der Waals surface area contributed by atoms with Crippen LogP contribution in [0.1, 0.15) is 53.8 Å². The summed E-state index contributed by atoms with van der Waals surface area (Å²) in [5.41, 5.74) is 1.89. The van der Waals surface area contributed by atoms with Gasteiger partial charge in [0.1, 0.15) is 0 Å². The van der Waals surface area contributed by atoms with Crippen molar-refractivity contribution in [3.63, 3.8) is 0 Å². The number of urea groups is 1. The minimum atomic E-state index is -0.141. The van der Waals surface area contributed by atoms with Crippen LogP contribution in [0.5, 0.6) is 0 Å². The molecule has 0 aliphatic carbocycles. The maximum atomic E-state index is 12.3. The molecule has 0 spiro atoms. The molecule has 6 nitrogen and oxygen atoms in total. The van der Waals surface area contributed by atoms with Gasteiger partial charge in [-0.3, -0.25) is 0 Å². The van der Waals surface area contributed by atoms with Gasteiger partial charge in [0, 0.05) is 18.0 Å². The minimum absolute atomic E-state index is 0.0197. The molecule has 0 unspecified atom stereocenters. The summed E-state index contributed by atoms with van der Waals surface area (Å²) in [5, 5.41) is 7.89. The Labute approximate surface area is 140 Å². The van der Waals surface area contributed by atoms with E-state index in [1.165, 1.54) is 0 Å². The quantitative estimate of drug-likeness (QED) is 0.877. The van der Waals surface area contributed by atoms with Crippen LogP contribution in [-0.4, -0.2) is 28.1 Å². The zero-order chi connectivity index (χ0) is 17.0. The molecule has 1 N–H and O–H groups in total. The van der Waals surface area contributed by atoms with Crippen molar-refractivity contribution in [3.05, 3.63) is 33.1 Å². The molecule has 2 amide bonds. The van der Waals surface area contributed by atoms with Crippen LogP contribution in [-0.2, 0) is 19.4 Å². The summed E-state index contributed by atoms with van der Waals surface area (Å²) in [7, 11) is 1.79. The lowest BCUT2D eigenvalue weighted by Gasteiger charge is -2.24. The Kier molecular flexibility index (Phi) is 5.76. The fraction of sp³-hybridized carbons (Fsp3) is 0.562. The number of thiazole rings is 1. The van der Waals surface area contributed by atoms with Crippen LogP contribution >= 0.6 is 11.3 Å². The maximum absolute atomic E-state index is 12.3. The average Bonchev–Trinajstić information content (AvgIpc) is 3.17. The molecule has 1 atom stereocenters. The van der Waals surface area contributed by atoms with Gasteiger partial charge in [-0.1, -0.05) is 19.0 Å². The highest BCUT2D eigenvalue weighted by molar-refractivity contribution is 7.11. The molecule has 0 aromatic carbocycles. The van der Waals surface area contributed by atoms with E-state index in [1.54, 1.807) is 23.3 Å². The molecule has 7 heteroatoms. The van der Waals surface area contributed by atoms with Gasteiger partial charge in [0.25, 0.3) is 0 Å². The number of aryl methyl sites for hydroxylation is 3. The van der Waals surface area contributed by atoms with Crippen molar-refractivity contribution in [1.29, 1.82) is 0 Å². The molecule has 2 heterocycles. The molecule has 2 rings (SSSR count). The van der Waals surface area contributed by atoms with Gasteiger partial charge in [-0.05, 0) is 26.7 Å². The third-order valence-electron chi connectivity index (χ3n) is 3.84. The van der Waals surface area contributed by atoms with Gasteiger partial charge in [0.05, 0.1) is 29.0 Å². The number of hydrogen-bond acceptors (Lipinski definition) is 5. The Bertz CT molecular complexity index is 665. The number of rotatable bonds is 6. The highest BCUT2D eigenvalue weighted by Gasteiger charge is 2.22. The smallest absolute Gasteiger partial charge is 0.318 e. The van der Waals surface area contributed by atoms with E-state index in [-0.39, 0.29) is 12.1 Å². The summed E-state index contributed by atoms with van der Waals surface area (Å²) < 4.78 is 5.18. The van der Waals surface area contributed by atoms with E-state index in [4.69, 9.17) is 4.52 Å². The third-order valence-corrected chi connectivity index (χ3v) is 5.32. The van der Waals surface area contributed by atoms with Crippen LogP contribution in [0.4, 0.5) is 4.79 Å². The summed E-state index contributed by atoms with van der Waals surface area (Å²) >= 11 is 1.67. The highest BCUT2D eigenvalue weighted by Crippen LogP contribution is 2.28. The second kappa shape index (κ2) is 7.59. The van der Waals surface area contributed by atoms with Crippen LogP contribution in [0.15, 0.2) is 10.6 Å². The van der Waals surface area contributed by atoms with Crippen molar-refractivity contribution >= 4 is 17.4 Å². The van der Waals surface area contributed by atoms with Crippen LogP contribution < -0.4 is 5.32 Å². The largest absolute Gasteiger partial charge is 0.359 e. The zero-order valence-electron chi connectivity index (χ0n) is 14.3. The van der Waals surface area contributed by atoms with Gasteiger partial charge in [-0.15, -0.1) is 11.3 Å². The monoisotopic (exact) mass is 336 g/mol.